The Bertz CT molecular complexity index is 1290. The van der Waals surface area contributed by atoms with Gasteiger partial charge in [-0.15, -0.1) is 0 Å². The van der Waals surface area contributed by atoms with Gasteiger partial charge in [-0.1, -0.05) is 66.7 Å². The predicted octanol–water partition coefficient (Wildman–Crippen LogP) is 4.06. The fourth-order valence-corrected chi connectivity index (χ4v) is 4.71. The third-order valence-corrected chi connectivity index (χ3v) is 6.62. The van der Waals surface area contributed by atoms with Gasteiger partial charge in [0.2, 0.25) is 15.9 Å². The third-order valence-electron chi connectivity index (χ3n) is 4.81. The predicted molar refractivity (Wildman–Crippen MR) is 121 cm³/mol. The molecule has 3 aromatic carbocycles. The van der Waals surface area contributed by atoms with Crippen LogP contribution in [0.4, 0.5) is 5.69 Å². The number of nitrogens with one attached hydrogen (secondary N) is 1. The van der Waals surface area contributed by atoms with Crippen LogP contribution >= 0.6 is 0 Å². The van der Waals surface area contributed by atoms with Crippen molar-refractivity contribution in [3.8, 4) is 0 Å². The number of carbonyl (C=O) groups is 1. The molecule has 0 aliphatic carbocycles. The molecule has 0 bridgehead atoms. The molecule has 31 heavy (non-hydrogen) atoms. The Morgan fingerprint density at radius 1 is 0.839 bits per heavy atom. The molecule has 0 aliphatic heterocycles. The van der Waals surface area contributed by atoms with Gasteiger partial charge in [0, 0.05) is 18.1 Å². The quantitative estimate of drug-likeness (QED) is 0.479. The average Bonchev–Trinajstić information content (AvgIpc) is 2.80. The third kappa shape index (κ3) is 4.79. The van der Waals surface area contributed by atoms with Gasteiger partial charge in [0.25, 0.3) is 0 Å². The van der Waals surface area contributed by atoms with Crippen LogP contribution in [0.3, 0.4) is 0 Å². The first kappa shape index (κ1) is 20.7. The SMILES string of the molecule is O=C(CN(Cc1ccccc1)S(=O)(=O)c1ccccc1)Nc1cccc2cccnc12. The lowest BCUT2D eigenvalue weighted by Crippen LogP contribution is -2.37. The van der Waals surface area contributed by atoms with E-state index in [1.54, 1.807) is 30.5 Å². The van der Waals surface area contributed by atoms with E-state index in [1.165, 1.54) is 16.4 Å². The molecule has 0 unspecified atom stereocenters. The Kier molecular flexibility index (Phi) is 6.06. The molecule has 0 aliphatic rings. The summed E-state index contributed by atoms with van der Waals surface area (Å²) in [5.74, 6) is -0.436. The summed E-state index contributed by atoms with van der Waals surface area (Å²) in [4.78, 5) is 17.4. The average molecular weight is 432 g/mol. The highest BCUT2D eigenvalue weighted by Crippen LogP contribution is 2.22. The van der Waals surface area contributed by atoms with Gasteiger partial charge in [-0.25, -0.2) is 8.42 Å². The maximum atomic E-state index is 13.3. The van der Waals surface area contributed by atoms with Crippen LogP contribution in [0.2, 0.25) is 0 Å². The van der Waals surface area contributed by atoms with Crippen molar-refractivity contribution in [3.63, 3.8) is 0 Å². The maximum Gasteiger partial charge on any atom is 0.243 e. The molecule has 0 radical (unpaired) electrons. The molecule has 4 rings (SSSR count). The Hall–Kier alpha value is -3.55. The van der Waals surface area contributed by atoms with E-state index in [2.05, 4.69) is 10.3 Å². The number of amides is 1. The summed E-state index contributed by atoms with van der Waals surface area (Å²) in [6, 6.07) is 26.5. The lowest BCUT2D eigenvalue weighted by molar-refractivity contribution is -0.116. The van der Waals surface area contributed by atoms with Crippen molar-refractivity contribution in [1.29, 1.82) is 0 Å². The molecule has 0 saturated carbocycles. The summed E-state index contributed by atoms with van der Waals surface area (Å²) < 4.78 is 27.7. The van der Waals surface area contributed by atoms with Gasteiger partial charge in [0.15, 0.2) is 0 Å². The molecule has 7 heteroatoms. The highest BCUT2D eigenvalue weighted by molar-refractivity contribution is 7.89. The van der Waals surface area contributed by atoms with Crippen molar-refractivity contribution >= 4 is 32.5 Å². The topological polar surface area (TPSA) is 79.4 Å². The van der Waals surface area contributed by atoms with Crippen molar-refractivity contribution in [3.05, 3.63) is 103 Å². The maximum absolute atomic E-state index is 13.3. The van der Waals surface area contributed by atoms with E-state index in [-0.39, 0.29) is 18.0 Å². The summed E-state index contributed by atoms with van der Waals surface area (Å²) in [6.07, 6.45) is 1.65. The highest BCUT2D eigenvalue weighted by Gasteiger charge is 2.27. The Morgan fingerprint density at radius 2 is 1.52 bits per heavy atom. The molecule has 0 atom stereocenters. The van der Waals surface area contributed by atoms with Gasteiger partial charge in [0.1, 0.15) is 0 Å². The molecule has 0 spiro atoms. The molecule has 1 aromatic heterocycles. The van der Waals surface area contributed by atoms with Crippen molar-refractivity contribution < 1.29 is 13.2 Å². The molecule has 156 valence electrons. The molecule has 1 N–H and O–H groups in total. The lowest BCUT2D eigenvalue weighted by Gasteiger charge is -2.22. The first-order valence-corrected chi connectivity index (χ1v) is 11.2. The van der Waals surface area contributed by atoms with Gasteiger partial charge < -0.3 is 5.32 Å². The van der Waals surface area contributed by atoms with Crippen LogP contribution in [0.25, 0.3) is 10.9 Å². The van der Waals surface area contributed by atoms with E-state index >= 15 is 0 Å². The lowest BCUT2D eigenvalue weighted by atomic mass is 10.2. The van der Waals surface area contributed by atoms with E-state index in [9.17, 15) is 13.2 Å². The smallest absolute Gasteiger partial charge is 0.243 e. The van der Waals surface area contributed by atoms with Crippen molar-refractivity contribution in [2.75, 3.05) is 11.9 Å². The number of pyridine rings is 1. The number of sulfonamides is 1. The van der Waals surface area contributed by atoms with E-state index in [4.69, 9.17) is 0 Å². The zero-order chi connectivity index (χ0) is 21.7. The summed E-state index contributed by atoms with van der Waals surface area (Å²) in [7, 11) is -3.87. The summed E-state index contributed by atoms with van der Waals surface area (Å²) in [5, 5.41) is 3.70. The molecular formula is C24H21N3O3S. The summed E-state index contributed by atoms with van der Waals surface area (Å²) >= 11 is 0. The van der Waals surface area contributed by atoms with Crippen LogP contribution in [0, 0.1) is 0 Å². The van der Waals surface area contributed by atoms with Gasteiger partial charge >= 0.3 is 0 Å². The monoisotopic (exact) mass is 431 g/mol. The van der Waals surface area contributed by atoms with Crippen LogP contribution < -0.4 is 5.32 Å². The van der Waals surface area contributed by atoms with E-state index < -0.39 is 15.9 Å². The second-order valence-electron chi connectivity index (χ2n) is 7.00. The van der Waals surface area contributed by atoms with Crippen LogP contribution in [0.1, 0.15) is 5.56 Å². The number of fused-ring (bicyclic) bond motifs is 1. The van der Waals surface area contributed by atoms with E-state index in [0.717, 1.165) is 10.9 Å². The summed E-state index contributed by atoms with van der Waals surface area (Å²) in [6.45, 7) is -0.241. The number of benzene rings is 3. The zero-order valence-corrected chi connectivity index (χ0v) is 17.5. The molecule has 0 saturated heterocycles. The standard InChI is InChI=1S/C24H21N3O3S/c28-23(26-22-15-7-11-20-12-8-16-25-24(20)22)18-27(17-19-9-3-1-4-10-19)31(29,30)21-13-5-2-6-14-21/h1-16H,17-18H2,(H,26,28). The van der Waals surface area contributed by atoms with Crippen molar-refractivity contribution in [1.82, 2.24) is 9.29 Å². The van der Waals surface area contributed by atoms with Crippen LogP contribution in [0.15, 0.2) is 102 Å². The second kappa shape index (κ2) is 9.07. The number of carbonyl (C=O) groups excluding carboxylic acids is 1. The van der Waals surface area contributed by atoms with Crippen LogP contribution in [-0.4, -0.2) is 30.2 Å². The van der Waals surface area contributed by atoms with Crippen molar-refractivity contribution in [2.24, 2.45) is 0 Å². The minimum Gasteiger partial charge on any atom is -0.323 e. The fraction of sp³-hybridized carbons (Fsp3) is 0.0833. The van der Waals surface area contributed by atoms with Gasteiger partial charge in [0.05, 0.1) is 22.6 Å². The number of nitrogens with zero attached hydrogens (tertiary/aromatic N) is 2. The zero-order valence-electron chi connectivity index (χ0n) is 16.7. The normalized spacial score (nSPS) is 11.5. The number of rotatable bonds is 7. The minimum atomic E-state index is -3.87. The van der Waals surface area contributed by atoms with Gasteiger partial charge in [-0.2, -0.15) is 4.31 Å². The second-order valence-corrected chi connectivity index (χ2v) is 8.94. The molecular weight excluding hydrogens is 410 g/mol. The largest absolute Gasteiger partial charge is 0.323 e. The molecule has 0 fully saturated rings. The van der Waals surface area contributed by atoms with Crippen LogP contribution in [0.5, 0.6) is 0 Å². The van der Waals surface area contributed by atoms with Gasteiger partial charge in [-0.3, -0.25) is 9.78 Å². The summed E-state index contributed by atoms with van der Waals surface area (Å²) in [5.41, 5.74) is 1.99. The van der Waals surface area contributed by atoms with Crippen molar-refractivity contribution in [2.45, 2.75) is 11.4 Å². The van der Waals surface area contributed by atoms with Crippen LogP contribution in [-0.2, 0) is 21.4 Å². The number of para-hydroxylation sites is 1. The first-order valence-electron chi connectivity index (χ1n) is 9.77. The molecule has 4 aromatic rings. The van der Waals surface area contributed by atoms with E-state index in [0.29, 0.717) is 11.2 Å². The highest BCUT2D eigenvalue weighted by atomic mass is 32.2. The molecule has 1 heterocycles. The number of hydrogen-bond acceptors (Lipinski definition) is 4. The number of hydrogen-bond donors (Lipinski definition) is 1. The number of anilines is 1. The Labute approximate surface area is 181 Å². The first-order chi connectivity index (χ1) is 15.0. The minimum absolute atomic E-state index is 0.0826. The Morgan fingerprint density at radius 3 is 2.26 bits per heavy atom. The number of aromatic nitrogens is 1. The fourth-order valence-electron chi connectivity index (χ4n) is 3.31. The van der Waals surface area contributed by atoms with E-state index in [1.807, 2.05) is 54.6 Å². The van der Waals surface area contributed by atoms with Gasteiger partial charge in [-0.05, 0) is 29.8 Å². The Balaban J connectivity index is 1.61. The molecule has 1 amide bonds. The molecule has 6 nitrogen and oxygen atoms in total.